The molecule has 0 radical (unpaired) electrons. The molecule has 5 heterocycles. The molecule has 1 N–H and O–H groups in total. The SMILES string of the molecule is O=C1N(CCN2CCOCC2)C(=O)C23CNC[C@H]2C[C@@H](c2cnc4ccccc4c2)N13. The molecule has 1 unspecified atom stereocenters. The summed E-state index contributed by atoms with van der Waals surface area (Å²) < 4.78 is 5.41. The van der Waals surface area contributed by atoms with Gasteiger partial charge >= 0.3 is 6.03 Å². The average molecular weight is 422 g/mol. The van der Waals surface area contributed by atoms with Crippen molar-refractivity contribution in [3.05, 3.63) is 42.1 Å². The highest BCUT2D eigenvalue weighted by molar-refractivity contribution is 6.08. The summed E-state index contributed by atoms with van der Waals surface area (Å²) in [5.74, 6) is 0.103. The molecule has 0 saturated carbocycles. The average Bonchev–Trinajstić information content (AvgIpc) is 3.42. The summed E-state index contributed by atoms with van der Waals surface area (Å²) >= 11 is 0. The first-order valence-electron chi connectivity index (χ1n) is 11.2. The molecule has 1 spiro atoms. The van der Waals surface area contributed by atoms with Crippen molar-refractivity contribution in [2.75, 3.05) is 52.5 Å². The number of carbonyl (C=O) groups excluding carboxylic acids is 2. The number of aromatic nitrogens is 1. The zero-order chi connectivity index (χ0) is 21.0. The summed E-state index contributed by atoms with van der Waals surface area (Å²) in [6.07, 6.45) is 2.67. The molecule has 4 saturated heterocycles. The van der Waals surface area contributed by atoms with E-state index < -0.39 is 5.54 Å². The fourth-order valence-corrected chi connectivity index (χ4v) is 5.89. The number of benzene rings is 1. The molecule has 0 aliphatic carbocycles. The standard InChI is InChI=1S/C23H27N5O3/c29-21-23-15-24-14-18(23)12-20(17-11-16-3-1-2-4-19(16)25-13-17)28(23)22(30)27(21)6-5-26-7-9-31-10-8-26/h1-4,11,13,18,20,24H,5-10,12,14-15H2/t18-,20+,23?/m1/s1. The Bertz CT molecular complexity index is 1040. The number of morpholine rings is 1. The van der Waals surface area contributed by atoms with Gasteiger partial charge in [-0.15, -0.1) is 0 Å². The molecule has 31 heavy (non-hydrogen) atoms. The molecule has 8 nitrogen and oxygen atoms in total. The van der Waals surface area contributed by atoms with Gasteiger partial charge in [0.15, 0.2) is 0 Å². The van der Waals surface area contributed by atoms with E-state index in [9.17, 15) is 9.59 Å². The molecule has 162 valence electrons. The smallest absolute Gasteiger partial charge is 0.328 e. The number of nitrogens with one attached hydrogen (secondary N) is 1. The van der Waals surface area contributed by atoms with Gasteiger partial charge in [0.2, 0.25) is 0 Å². The maximum atomic E-state index is 13.6. The first-order valence-corrected chi connectivity index (χ1v) is 11.2. The molecule has 2 aromatic rings. The number of pyridine rings is 1. The second-order valence-corrected chi connectivity index (χ2v) is 9.03. The number of fused-ring (bicyclic) bond motifs is 1. The molecule has 1 aromatic carbocycles. The van der Waals surface area contributed by atoms with Crippen LogP contribution in [0.1, 0.15) is 18.0 Å². The van der Waals surface area contributed by atoms with Gasteiger partial charge < -0.3 is 15.0 Å². The molecule has 1 aromatic heterocycles. The number of carbonyl (C=O) groups is 2. The Labute approximate surface area is 181 Å². The minimum absolute atomic E-state index is 0.0305. The minimum Gasteiger partial charge on any atom is -0.379 e. The number of hydrogen-bond donors (Lipinski definition) is 1. The molecule has 0 bridgehead atoms. The highest BCUT2D eigenvalue weighted by Crippen LogP contribution is 2.52. The fraction of sp³-hybridized carbons (Fsp3) is 0.522. The summed E-state index contributed by atoms with van der Waals surface area (Å²) in [6.45, 7) is 5.55. The number of ether oxygens (including phenoxy) is 1. The maximum absolute atomic E-state index is 13.6. The molecule has 3 atom stereocenters. The van der Waals surface area contributed by atoms with Crippen molar-refractivity contribution in [2.45, 2.75) is 18.0 Å². The zero-order valence-electron chi connectivity index (χ0n) is 17.5. The van der Waals surface area contributed by atoms with Crippen molar-refractivity contribution in [1.82, 2.24) is 25.0 Å². The van der Waals surface area contributed by atoms with Crippen LogP contribution in [0, 0.1) is 5.92 Å². The molecule has 4 aliphatic rings. The van der Waals surface area contributed by atoms with Gasteiger partial charge in [-0.2, -0.15) is 0 Å². The second kappa shape index (κ2) is 7.25. The third-order valence-corrected chi connectivity index (χ3v) is 7.50. The first-order chi connectivity index (χ1) is 15.2. The lowest BCUT2D eigenvalue weighted by Crippen LogP contribution is -2.51. The summed E-state index contributed by atoms with van der Waals surface area (Å²) in [4.78, 5) is 37.5. The Balaban J connectivity index is 1.31. The number of nitrogens with zero attached hydrogens (tertiary/aromatic N) is 4. The first kappa shape index (κ1) is 19.2. The predicted molar refractivity (Wildman–Crippen MR) is 114 cm³/mol. The Morgan fingerprint density at radius 3 is 2.87 bits per heavy atom. The fourth-order valence-electron chi connectivity index (χ4n) is 5.89. The molecule has 3 amide bonds. The Hall–Kier alpha value is -2.55. The summed E-state index contributed by atoms with van der Waals surface area (Å²) in [5.41, 5.74) is 1.21. The van der Waals surface area contributed by atoms with Crippen LogP contribution in [-0.4, -0.2) is 89.6 Å². The van der Waals surface area contributed by atoms with Crippen molar-refractivity contribution in [3.63, 3.8) is 0 Å². The van der Waals surface area contributed by atoms with Gasteiger partial charge in [-0.05, 0) is 24.1 Å². The van der Waals surface area contributed by atoms with Gasteiger partial charge in [-0.1, -0.05) is 18.2 Å². The van der Waals surface area contributed by atoms with Crippen molar-refractivity contribution in [2.24, 2.45) is 5.92 Å². The zero-order valence-corrected chi connectivity index (χ0v) is 17.5. The van der Waals surface area contributed by atoms with E-state index in [1.165, 1.54) is 4.90 Å². The number of rotatable bonds is 4. The summed E-state index contributed by atoms with van der Waals surface area (Å²) in [7, 11) is 0. The van der Waals surface area contributed by atoms with Gasteiger partial charge in [-0.3, -0.25) is 19.6 Å². The van der Waals surface area contributed by atoms with Crippen LogP contribution in [0.25, 0.3) is 10.9 Å². The lowest BCUT2D eigenvalue weighted by molar-refractivity contribution is -0.133. The van der Waals surface area contributed by atoms with Gasteiger partial charge in [-0.25, -0.2) is 4.79 Å². The van der Waals surface area contributed by atoms with Gasteiger partial charge in [0, 0.05) is 56.8 Å². The van der Waals surface area contributed by atoms with E-state index >= 15 is 0 Å². The molecule has 4 aliphatic heterocycles. The monoisotopic (exact) mass is 421 g/mol. The topological polar surface area (TPSA) is 78.0 Å². The van der Waals surface area contributed by atoms with Crippen molar-refractivity contribution in [3.8, 4) is 0 Å². The van der Waals surface area contributed by atoms with Crippen LogP contribution < -0.4 is 5.32 Å². The number of amides is 3. The summed E-state index contributed by atoms with van der Waals surface area (Å²) in [6, 6.07) is 9.88. The molecular formula is C23H27N5O3. The molecule has 6 rings (SSSR count). The third kappa shape index (κ3) is 2.82. The molecule has 4 fully saturated rings. The Kier molecular flexibility index (Phi) is 4.48. The Morgan fingerprint density at radius 2 is 2.00 bits per heavy atom. The quantitative estimate of drug-likeness (QED) is 0.749. The number of hydrogen-bond acceptors (Lipinski definition) is 6. The van der Waals surface area contributed by atoms with E-state index in [1.807, 2.05) is 35.4 Å². The van der Waals surface area contributed by atoms with Crippen molar-refractivity contribution >= 4 is 22.8 Å². The molecular weight excluding hydrogens is 394 g/mol. The van der Waals surface area contributed by atoms with Crippen LogP contribution in [-0.2, 0) is 9.53 Å². The van der Waals surface area contributed by atoms with Gasteiger partial charge in [0.1, 0.15) is 5.54 Å². The largest absolute Gasteiger partial charge is 0.379 e. The lowest BCUT2D eigenvalue weighted by Gasteiger charge is -2.30. The highest BCUT2D eigenvalue weighted by Gasteiger charge is 2.68. The van der Waals surface area contributed by atoms with E-state index in [0.29, 0.717) is 32.8 Å². The van der Waals surface area contributed by atoms with E-state index in [1.54, 1.807) is 0 Å². The van der Waals surface area contributed by atoms with Crippen LogP contribution >= 0.6 is 0 Å². The van der Waals surface area contributed by atoms with Crippen LogP contribution in [0.2, 0.25) is 0 Å². The summed E-state index contributed by atoms with van der Waals surface area (Å²) in [5, 5.41) is 4.44. The number of imide groups is 1. The maximum Gasteiger partial charge on any atom is 0.328 e. The van der Waals surface area contributed by atoms with Gasteiger partial charge in [0.25, 0.3) is 5.91 Å². The normalized spacial score (nSPS) is 31.0. The van der Waals surface area contributed by atoms with Crippen molar-refractivity contribution in [1.29, 1.82) is 0 Å². The second-order valence-electron chi connectivity index (χ2n) is 9.03. The van der Waals surface area contributed by atoms with E-state index in [2.05, 4.69) is 21.3 Å². The van der Waals surface area contributed by atoms with Crippen molar-refractivity contribution < 1.29 is 14.3 Å². The van der Waals surface area contributed by atoms with E-state index in [4.69, 9.17) is 4.74 Å². The van der Waals surface area contributed by atoms with Crippen LogP contribution in [0.5, 0.6) is 0 Å². The highest BCUT2D eigenvalue weighted by atomic mass is 16.5. The number of para-hydroxylation sites is 1. The third-order valence-electron chi connectivity index (χ3n) is 7.50. The van der Waals surface area contributed by atoms with Gasteiger partial charge in [0.05, 0.1) is 24.8 Å². The van der Waals surface area contributed by atoms with E-state index in [0.717, 1.165) is 42.5 Å². The number of urea groups is 1. The van der Waals surface area contributed by atoms with Crippen LogP contribution in [0.4, 0.5) is 4.79 Å². The van der Waals surface area contributed by atoms with E-state index in [-0.39, 0.29) is 23.9 Å². The van der Waals surface area contributed by atoms with Crippen LogP contribution in [0.3, 0.4) is 0 Å². The predicted octanol–water partition coefficient (Wildman–Crippen LogP) is 1.23. The molecule has 8 heteroatoms. The lowest BCUT2D eigenvalue weighted by atomic mass is 9.87. The minimum atomic E-state index is -0.752. The van der Waals surface area contributed by atoms with Crippen LogP contribution in [0.15, 0.2) is 36.5 Å². The Morgan fingerprint density at radius 1 is 1.16 bits per heavy atom.